The molecule has 8 heteroatoms. The molecule has 0 aromatic heterocycles. The normalized spacial score (nSPS) is 11.7. The monoisotopic (exact) mass is 437 g/mol. The van der Waals surface area contributed by atoms with E-state index >= 15 is 0 Å². The van der Waals surface area contributed by atoms with Gasteiger partial charge in [-0.1, -0.05) is 42.5 Å². The van der Waals surface area contributed by atoms with Crippen molar-refractivity contribution in [3.63, 3.8) is 0 Å². The van der Waals surface area contributed by atoms with Gasteiger partial charge in [-0.3, -0.25) is 9.10 Å². The Hall–Kier alpha value is -3.65. The number of hydrazone groups is 1. The van der Waals surface area contributed by atoms with Gasteiger partial charge < -0.3 is 5.11 Å². The van der Waals surface area contributed by atoms with E-state index in [1.807, 2.05) is 13.0 Å². The Morgan fingerprint density at radius 1 is 1.00 bits per heavy atom. The predicted octanol–water partition coefficient (Wildman–Crippen LogP) is 3.44. The molecule has 3 aromatic carbocycles. The Morgan fingerprint density at radius 2 is 1.68 bits per heavy atom. The van der Waals surface area contributed by atoms with E-state index < -0.39 is 22.5 Å². The van der Waals surface area contributed by atoms with E-state index in [0.717, 1.165) is 9.87 Å². The minimum Gasteiger partial charge on any atom is -0.507 e. The minimum atomic E-state index is -3.98. The zero-order chi connectivity index (χ0) is 22.4. The largest absolute Gasteiger partial charge is 0.507 e. The van der Waals surface area contributed by atoms with Gasteiger partial charge in [0.1, 0.15) is 12.3 Å². The number of aryl methyl sites for hydroxylation is 1. The number of phenols is 1. The Kier molecular flexibility index (Phi) is 6.71. The van der Waals surface area contributed by atoms with Gasteiger partial charge in [0.15, 0.2) is 0 Å². The lowest BCUT2D eigenvalue weighted by Crippen LogP contribution is -2.39. The standard InChI is InChI=1S/C23H23N3O4S/c1-17-9-8-10-19(15-17)26(31(29,30)20-11-4-3-5-12-20)16-23(28)25-24-18(2)21-13-6-7-14-22(21)27/h3-15,27H,16H2,1-2H3,(H,25,28)/b24-18-. The molecule has 0 saturated carbocycles. The van der Waals surface area contributed by atoms with Crippen molar-refractivity contribution in [1.29, 1.82) is 0 Å². The topological polar surface area (TPSA) is 99.1 Å². The van der Waals surface area contributed by atoms with Gasteiger partial charge in [-0.25, -0.2) is 13.8 Å². The lowest BCUT2D eigenvalue weighted by Gasteiger charge is -2.24. The van der Waals surface area contributed by atoms with Crippen molar-refractivity contribution in [2.24, 2.45) is 5.10 Å². The van der Waals surface area contributed by atoms with E-state index in [-0.39, 0.29) is 10.6 Å². The average Bonchev–Trinajstić information content (AvgIpc) is 2.76. The van der Waals surface area contributed by atoms with Crippen LogP contribution in [0.4, 0.5) is 5.69 Å². The molecule has 0 aliphatic rings. The first-order valence-corrected chi connectivity index (χ1v) is 11.0. The van der Waals surface area contributed by atoms with Gasteiger partial charge in [0.25, 0.3) is 15.9 Å². The summed E-state index contributed by atoms with van der Waals surface area (Å²) in [6, 6.07) is 21.5. The zero-order valence-corrected chi connectivity index (χ0v) is 18.0. The maximum absolute atomic E-state index is 13.3. The molecule has 7 nitrogen and oxygen atoms in total. The van der Waals surface area contributed by atoms with Crippen molar-refractivity contribution in [3.05, 3.63) is 90.0 Å². The highest BCUT2D eigenvalue weighted by Crippen LogP contribution is 2.24. The third-order valence-corrected chi connectivity index (χ3v) is 6.34. The number of aromatic hydroxyl groups is 1. The quantitative estimate of drug-likeness (QED) is 0.437. The lowest BCUT2D eigenvalue weighted by atomic mass is 10.1. The number of carbonyl (C=O) groups excluding carboxylic acids is 1. The van der Waals surface area contributed by atoms with Crippen LogP contribution in [0.3, 0.4) is 0 Å². The van der Waals surface area contributed by atoms with Crippen molar-refractivity contribution >= 4 is 27.3 Å². The summed E-state index contributed by atoms with van der Waals surface area (Å²) in [6.07, 6.45) is 0. The van der Waals surface area contributed by atoms with Crippen LogP contribution in [-0.4, -0.2) is 31.7 Å². The minimum absolute atomic E-state index is 0.0334. The molecule has 0 aliphatic heterocycles. The number of hydrogen-bond acceptors (Lipinski definition) is 5. The van der Waals surface area contributed by atoms with E-state index in [1.165, 1.54) is 18.2 Å². The smallest absolute Gasteiger partial charge is 0.264 e. The molecule has 2 N–H and O–H groups in total. The van der Waals surface area contributed by atoms with Crippen LogP contribution in [0.15, 0.2) is 88.9 Å². The van der Waals surface area contributed by atoms with Crippen LogP contribution in [0.2, 0.25) is 0 Å². The first-order valence-electron chi connectivity index (χ1n) is 9.55. The third kappa shape index (κ3) is 5.29. The van der Waals surface area contributed by atoms with Gasteiger partial charge in [-0.2, -0.15) is 5.10 Å². The molecule has 0 radical (unpaired) electrons. The van der Waals surface area contributed by atoms with E-state index in [2.05, 4.69) is 10.5 Å². The number of hydrogen-bond donors (Lipinski definition) is 2. The molecule has 0 spiro atoms. The van der Waals surface area contributed by atoms with Crippen molar-refractivity contribution in [3.8, 4) is 5.75 Å². The van der Waals surface area contributed by atoms with Crippen LogP contribution < -0.4 is 9.73 Å². The van der Waals surface area contributed by atoms with Gasteiger partial charge in [0.2, 0.25) is 0 Å². The Morgan fingerprint density at radius 3 is 2.35 bits per heavy atom. The van der Waals surface area contributed by atoms with E-state index in [9.17, 15) is 18.3 Å². The summed E-state index contributed by atoms with van der Waals surface area (Å²) >= 11 is 0. The summed E-state index contributed by atoms with van der Waals surface area (Å²) in [5, 5.41) is 13.9. The van der Waals surface area contributed by atoms with Gasteiger partial charge in [0.05, 0.1) is 16.3 Å². The third-order valence-electron chi connectivity index (χ3n) is 4.55. The maximum Gasteiger partial charge on any atom is 0.264 e. The number of nitrogens with one attached hydrogen (secondary N) is 1. The number of carbonyl (C=O) groups is 1. The van der Waals surface area contributed by atoms with Crippen molar-refractivity contribution in [2.75, 3.05) is 10.8 Å². The summed E-state index contributed by atoms with van der Waals surface area (Å²) in [7, 11) is -3.98. The van der Waals surface area contributed by atoms with Crippen molar-refractivity contribution in [1.82, 2.24) is 5.43 Å². The van der Waals surface area contributed by atoms with E-state index in [1.54, 1.807) is 61.5 Å². The molecular weight excluding hydrogens is 414 g/mol. The molecular formula is C23H23N3O4S. The molecule has 0 atom stereocenters. The van der Waals surface area contributed by atoms with E-state index in [0.29, 0.717) is 17.0 Å². The molecule has 0 unspecified atom stereocenters. The summed E-state index contributed by atoms with van der Waals surface area (Å²) in [4.78, 5) is 12.7. The van der Waals surface area contributed by atoms with Crippen LogP contribution in [-0.2, 0) is 14.8 Å². The predicted molar refractivity (Wildman–Crippen MR) is 121 cm³/mol. The Labute approximate surface area is 181 Å². The number of sulfonamides is 1. The van der Waals surface area contributed by atoms with Crippen LogP contribution in [0.1, 0.15) is 18.1 Å². The van der Waals surface area contributed by atoms with Gasteiger partial charge in [0, 0.05) is 5.56 Å². The van der Waals surface area contributed by atoms with Crippen molar-refractivity contribution < 1.29 is 18.3 Å². The number of nitrogens with zero attached hydrogens (tertiary/aromatic N) is 2. The van der Waals surface area contributed by atoms with Crippen LogP contribution >= 0.6 is 0 Å². The molecule has 0 saturated heterocycles. The summed E-state index contributed by atoms with van der Waals surface area (Å²) < 4.78 is 27.6. The number of amides is 1. The second kappa shape index (κ2) is 9.44. The molecule has 160 valence electrons. The highest BCUT2D eigenvalue weighted by atomic mass is 32.2. The Balaban J connectivity index is 1.88. The first-order chi connectivity index (χ1) is 14.8. The van der Waals surface area contributed by atoms with E-state index in [4.69, 9.17) is 0 Å². The summed E-state index contributed by atoms with van der Waals surface area (Å²) in [6.45, 7) is 3.02. The number of benzene rings is 3. The average molecular weight is 438 g/mol. The summed E-state index contributed by atoms with van der Waals surface area (Å²) in [5.41, 5.74) is 4.47. The molecule has 31 heavy (non-hydrogen) atoms. The maximum atomic E-state index is 13.3. The number of anilines is 1. The van der Waals surface area contributed by atoms with Crippen LogP contribution in [0.25, 0.3) is 0 Å². The Bertz CT molecular complexity index is 1210. The second-order valence-electron chi connectivity index (χ2n) is 6.91. The number of phenolic OH excluding ortho intramolecular Hbond substituents is 1. The number of para-hydroxylation sites is 1. The highest BCUT2D eigenvalue weighted by molar-refractivity contribution is 7.92. The summed E-state index contributed by atoms with van der Waals surface area (Å²) in [5.74, 6) is -0.582. The highest BCUT2D eigenvalue weighted by Gasteiger charge is 2.27. The second-order valence-corrected chi connectivity index (χ2v) is 8.78. The SMILES string of the molecule is C/C(=N/NC(=O)CN(c1cccc(C)c1)S(=O)(=O)c1ccccc1)c1ccccc1O. The zero-order valence-electron chi connectivity index (χ0n) is 17.2. The molecule has 0 heterocycles. The van der Waals surface area contributed by atoms with Crippen molar-refractivity contribution in [2.45, 2.75) is 18.7 Å². The van der Waals surface area contributed by atoms with Gasteiger partial charge in [-0.15, -0.1) is 0 Å². The molecule has 0 bridgehead atoms. The number of rotatable bonds is 7. The molecule has 1 amide bonds. The first kappa shape index (κ1) is 22.0. The van der Waals surface area contributed by atoms with Crippen LogP contribution in [0, 0.1) is 6.92 Å². The fraction of sp³-hybridized carbons (Fsp3) is 0.130. The van der Waals surface area contributed by atoms with Crippen LogP contribution in [0.5, 0.6) is 5.75 Å². The fourth-order valence-electron chi connectivity index (χ4n) is 2.97. The fourth-order valence-corrected chi connectivity index (χ4v) is 4.40. The molecule has 3 aromatic rings. The molecule has 3 rings (SSSR count). The lowest BCUT2D eigenvalue weighted by molar-refractivity contribution is -0.119. The molecule has 0 fully saturated rings. The molecule has 0 aliphatic carbocycles. The van der Waals surface area contributed by atoms with Gasteiger partial charge in [-0.05, 0) is 55.8 Å². The van der Waals surface area contributed by atoms with Gasteiger partial charge >= 0.3 is 0 Å².